The van der Waals surface area contributed by atoms with Crippen molar-refractivity contribution in [3.63, 3.8) is 0 Å². The summed E-state index contributed by atoms with van der Waals surface area (Å²) < 4.78 is 11.8. The first-order valence-corrected chi connectivity index (χ1v) is 11.3. The summed E-state index contributed by atoms with van der Waals surface area (Å²) in [6.07, 6.45) is 7.01. The molecule has 1 saturated carbocycles. The van der Waals surface area contributed by atoms with Gasteiger partial charge in [-0.05, 0) is 69.4 Å². The average Bonchev–Trinajstić information content (AvgIpc) is 3.60. The monoisotopic (exact) mass is 423 g/mol. The highest BCUT2D eigenvalue weighted by atomic mass is 16.5. The van der Waals surface area contributed by atoms with Crippen molar-refractivity contribution < 1.29 is 14.3 Å². The van der Waals surface area contributed by atoms with E-state index in [1.807, 2.05) is 24.4 Å². The molecule has 4 rings (SSSR count). The average molecular weight is 424 g/mol. The summed E-state index contributed by atoms with van der Waals surface area (Å²) in [5.74, 6) is 1.29. The van der Waals surface area contributed by atoms with E-state index in [1.54, 1.807) is 13.2 Å². The molecule has 2 heterocycles. The summed E-state index contributed by atoms with van der Waals surface area (Å²) in [7, 11) is 1.63. The van der Waals surface area contributed by atoms with Gasteiger partial charge >= 0.3 is 0 Å². The number of ether oxygens (including phenoxy) is 2. The molecular formula is C25H33N3O3. The van der Waals surface area contributed by atoms with E-state index in [-0.39, 0.29) is 12.0 Å². The number of pyridine rings is 1. The van der Waals surface area contributed by atoms with Crippen LogP contribution in [0.1, 0.15) is 54.2 Å². The number of hydrogen-bond donors (Lipinski definition) is 1. The Morgan fingerprint density at radius 1 is 1.19 bits per heavy atom. The van der Waals surface area contributed by atoms with E-state index in [0.29, 0.717) is 29.1 Å². The Kier molecular flexibility index (Phi) is 6.76. The van der Waals surface area contributed by atoms with Crippen molar-refractivity contribution >= 4 is 5.91 Å². The molecule has 1 amide bonds. The highest BCUT2D eigenvalue weighted by Crippen LogP contribution is 2.31. The van der Waals surface area contributed by atoms with E-state index in [2.05, 4.69) is 35.1 Å². The van der Waals surface area contributed by atoms with Crippen molar-refractivity contribution in [2.75, 3.05) is 20.2 Å². The molecule has 2 fully saturated rings. The van der Waals surface area contributed by atoms with Gasteiger partial charge in [0.05, 0.1) is 7.11 Å². The normalized spacial score (nSPS) is 18.4. The van der Waals surface area contributed by atoms with Crippen LogP contribution in [0, 0.1) is 6.92 Å². The lowest BCUT2D eigenvalue weighted by molar-refractivity contribution is 0.0774. The van der Waals surface area contributed by atoms with Gasteiger partial charge in [-0.3, -0.25) is 14.7 Å². The van der Waals surface area contributed by atoms with Crippen molar-refractivity contribution in [1.82, 2.24) is 15.2 Å². The number of nitrogens with zero attached hydrogens (tertiary/aromatic N) is 2. The van der Waals surface area contributed by atoms with Crippen LogP contribution < -0.4 is 14.8 Å². The van der Waals surface area contributed by atoms with Crippen molar-refractivity contribution in [3.05, 3.63) is 53.3 Å². The molecule has 1 saturated heterocycles. The molecule has 0 unspecified atom stereocenters. The number of piperidine rings is 1. The lowest BCUT2D eigenvalue weighted by atomic mass is 10.0. The van der Waals surface area contributed by atoms with Crippen LogP contribution in [0.15, 0.2) is 36.5 Å². The van der Waals surface area contributed by atoms with Crippen LogP contribution in [0.25, 0.3) is 0 Å². The van der Waals surface area contributed by atoms with Crippen molar-refractivity contribution in [1.29, 1.82) is 0 Å². The summed E-state index contributed by atoms with van der Waals surface area (Å²) in [6.45, 7) is 6.38. The number of nitrogens with one attached hydrogen (secondary N) is 1. The molecule has 6 nitrogen and oxygen atoms in total. The first-order valence-electron chi connectivity index (χ1n) is 11.3. The maximum Gasteiger partial charge on any atom is 0.251 e. The number of carbonyl (C=O) groups is 1. The molecule has 1 aromatic heterocycles. The van der Waals surface area contributed by atoms with E-state index in [9.17, 15) is 4.79 Å². The van der Waals surface area contributed by atoms with Gasteiger partial charge < -0.3 is 14.8 Å². The van der Waals surface area contributed by atoms with Crippen LogP contribution in [0.2, 0.25) is 0 Å². The third kappa shape index (κ3) is 5.56. The number of hydrogen-bond acceptors (Lipinski definition) is 5. The minimum Gasteiger partial charge on any atom is -0.493 e. The number of benzene rings is 1. The molecule has 1 atom stereocenters. The minimum atomic E-state index is -0.0385. The van der Waals surface area contributed by atoms with E-state index >= 15 is 0 Å². The largest absolute Gasteiger partial charge is 0.493 e. The molecule has 1 N–H and O–H groups in total. The third-order valence-corrected chi connectivity index (χ3v) is 6.34. The molecule has 0 bridgehead atoms. The molecule has 2 aliphatic rings. The number of carbonyl (C=O) groups excluding carboxylic acids is 1. The van der Waals surface area contributed by atoms with Crippen molar-refractivity contribution in [3.8, 4) is 11.5 Å². The number of methoxy groups -OCH3 is 1. The topological polar surface area (TPSA) is 63.7 Å². The van der Waals surface area contributed by atoms with E-state index in [4.69, 9.17) is 9.47 Å². The Balaban J connectivity index is 1.33. The molecule has 166 valence electrons. The fourth-order valence-electron chi connectivity index (χ4n) is 4.16. The van der Waals surface area contributed by atoms with Crippen LogP contribution in [0.4, 0.5) is 0 Å². The van der Waals surface area contributed by atoms with Crippen LogP contribution in [0.3, 0.4) is 0 Å². The van der Waals surface area contributed by atoms with Gasteiger partial charge in [0.15, 0.2) is 11.5 Å². The van der Waals surface area contributed by atoms with Gasteiger partial charge in [-0.15, -0.1) is 0 Å². The third-order valence-electron chi connectivity index (χ3n) is 6.34. The van der Waals surface area contributed by atoms with Crippen LogP contribution in [-0.4, -0.2) is 54.2 Å². The van der Waals surface area contributed by atoms with E-state index in [1.165, 1.54) is 11.3 Å². The summed E-state index contributed by atoms with van der Waals surface area (Å²) in [6, 6.07) is 10.3. The first kappa shape index (κ1) is 21.6. The van der Waals surface area contributed by atoms with Gasteiger partial charge in [0.25, 0.3) is 5.91 Å². The molecule has 0 spiro atoms. The number of likely N-dealkylation sites (tertiary alicyclic amines) is 1. The predicted molar refractivity (Wildman–Crippen MR) is 121 cm³/mol. The standard InChI is InChI=1S/C25H33N3O3/c1-17-5-4-12-26-22(17)15-18(2)28-13-10-21(11-14-28)31-24-16-19(6-9-23(24)30-3)25(29)27-20-7-8-20/h4-6,9,12,16,18,20-21H,7-8,10-11,13-15H2,1-3H3,(H,27,29)/t18-/m1/s1. The Bertz CT molecular complexity index is 905. The van der Waals surface area contributed by atoms with Gasteiger partial charge in [-0.25, -0.2) is 0 Å². The zero-order valence-electron chi connectivity index (χ0n) is 18.8. The summed E-state index contributed by atoms with van der Waals surface area (Å²) in [5, 5.41) is 3.03. The van der Waals surface area contributed by atoms with Gasteiger partial charge in [-0.1, -0.05) is 6.07 Å². The fourth-order valence-corrected chi connectivity index (χ4v) is 4.16. The highest BCUT2D eigenvalue weighted by molar-refractivity contribution is 5.95. The van der Waals surface area contributed by atoms with Crippen LogP contribution in [-0.2, 0) is 6.42 Å². The molecular weight excluding hydrogens is 390 g/mol. The Hall–Kier alpha value is -2.60. The number of rotatable bonds is 8. The Morgan fingerprint density at radius 2 is 1.97 bits per heavy atom. The number of aryl methyl sites for hydroxylation is 1. The molecule has 31 heavy (non-hydrogen) atoms. The quantitative estimate of drug-likeness (QED) is 0.700. The highest BCUT2D eigenvalue weighted by Gasteiger charge is 2.27. The summed E-state index contributed by atoms with van der Waals surface area (Å²) in [4.78, 5) is 19.5. The van der Waals surface area contributed by atoms with Gasteiger partial charge in [-0.2, -0.15) is 0 Å². The van der Waals surface area contributed by atoms with Crippen LogP contribution in [0.5, 0.6) is 11.5 Å². The molecule has 0 radical (unpaired) electrons. The van der Waals surface area contributed by atoms with Crippen molar-refractivity contribution in [2.45, 2.75) is 64.1 Å². The van der Waals surface area contributed by atoms with E-state index in [0.717, 1.165) is 45.2 Å². The predicted octanol–water partition coefficient (Wildman–Crippen LogP) is 3.77. The maximum absolute atomic E-state index is 12.4. The first-order chi connectivity index (χ1) is 15.0. The fraction of sp³-hybridized carbons (Fsp3) is 0.520. The Morgan fingerprint density at radius 3 is 2.65 bits per heavy atom. The molecule has 1 aliphatic carbocycles. The smallest absolute Gasteiger partial charge is 0.251 e. The number of aromatic nitrogens is 1. The lowest BCUT2D eigenvalue weighted by Gasteiger charge is -2.36. The van der Waals surface area contributed by atoms with E-state index < -0.39 is 0 Å². The Labute approximate surface area is 185 Å². The van der Waals surface area contributed by atoms with Crippen LogP contribution >= 0.6 is 0 Å². The van der Waals surface area contributed by atoms with Gasteiger partial charge in [0.1, 0.15) is 6.10 Å². The second kappa shape index (κ2) is 9.69. The second-order valence-corrected chi connectivity index (χ2v) is 8.79. The summed E-state index contributed by atoms with van der Waals surface area (Å²) in [5.41, 5.74) is 3.06. The van der Waals surface area contributed by atoms with Gasteiger partial charge in [0, 0.05) is 49.0 Å². The lowest BCUT2D eigenvalue weighted by Crippen LogP contribution is -2.44. The number of amides is 1. The maximum atomic E-state index is 12.4. The summed E-state index contributed by atoms with van der Waals surface area (Å²) >= 11 is 0. The second-order valence-electron chi connectivity index (χ2n) is 8.79. The molecule has 1 aromatic carbocycles. The molecule has 2 aromatic rings. The minimum absolute atomic E-state index is 0.0385. The van der Waals surface area contributed by atoms with Gasteiger partial charge in [0.2, 0.25) is 0 Å². The zero-order chi connectivity index (χ0) is 21.8. The SMILES string of the molecule is COc1ccc(C(=O)NC2CC2)cc1OC1CCN([C@H](C)Cc2ncccc2C)CC1. The molecule has 6 heteroatoms. The zero-order valence-corrected chi connectivity index (χ0v) is 18.8. The molecule has 1 aliphatic heterocycles. The van der Waals surface area contributed by atoms with Crippen molar-refractivity contribution in [2.24, 2.45) is 0 Å².